The number of rotatable bonds is 7. The molecule has 0 unspecified atom stereocenters. The maximum atomic E-state index is 13.5. The van der Waals surface area contributed by atoms with Crippen molar-refractivity contribution in [1.82, 2.24) is 9.62 Å². The van der Waals surface area contributed by atoms with Crippen molar-refractivity contribution in [3.05, 3.63) is 58.3 Å². The van der Waals surface area contributed by atoms with Gasteiger partial charge in [-0.2, -0.15) is 4.31 Å². The van der Waals surface area contributed by atoms with E-state index in [1.165, 1.54) is 20.2 Å². The fraction of sp³-hybridized carbons (Fsp3) is 0.278. The molecule has 1 amide bonds. The summed E-state index contributed by atoms with van der Waals surface area (Å²) in [5.74, 6) is -1.19. The molecule has 0 saturated heterocycles. The quantitative estimate of drug-likeness (QED) is 0.691. The standard InChI is InChI=1S/C18H20BrFN2O4S/c1-12(13-4-6-14(19)7-5-13)21-18(23)11-22(2)27(24,25)17-10-15(20)8-9-16(17)26-3/h4-10,12H,11H2,1-3H3,(H,21,23)/t12-/m1/s1. The smallest absolute Gasteiger partial charge is 0.247 e. The minimum absolute atomic E-state index is 0.00638. The molecule has 0 fully saturated rings. The number of amides is 1. The van der Waals surface area contributed by atoms with Crippen molar-refractivity contribution in [3.63, 3.8) is 0 Å². The summed E-state index contributed by atoms with van der Waals surface area (Å²) < 4.78 is 45.6. The third-order valence-corrected chi connectivity index (χ3v) is 6.28. The van der Waals surface area contributed by atoms with Crippen LogP contribution in [0.15, 0.2) is 51.8 Å². The lowest BCUT2D eigenvalue weighted by atomic mass is 10.1. The zero-order valence-corrected chi connectivity index (χ0v) is 17.5. The Labute approximate surface area is 166 Å². The lowest BCUT2D eigenvalue weighted by Gasteiger charge is -2.20. The zero-order chi connectivity index (χ0) is 20.2. The van der Waals surface area contributed by atoms with Gasteiger partial charge >= 0.3 is 0 Å². The number of ether oxygens (including phenoxy) is 1. The predicted octanol–water partition coefficient (Wildman–Crippen LogP) is 3.09. The highest BCUT2D eigenvalue weighted by Crippen LogP contribution is 2.26. The number of methoxy groups -OCH3 is 1. The third-order valence-electron chi connectivity index (χ3n) is 3.93. The molecule has 0 spiro atoms. The van der Waals surface area contributed by atoms with Crippen LogP contribution in [0.5, 0.6) is 5.75 Å². The highest BCUT2D eigenvalue weighted by Gasteiger charge is 2.27. The Bertz CT molecular complexity index is 919. The van der Waals surface area contributed by atoms with E-state index in [2.05, 4.69) is 21.2 Å². The Morgan fingerprint density at radius 2 is 1.89 bits per heavy atom. The van der Waals surface area contributed by atoms with E-state index in [9.17, 15) is 17.6 Å². The molecule has 27 heavy (non-hydrogen) atoms. The number of nitrogens with one attached hydrogen (secondary N) is 1. The summed E-state index contributed by atoms with van der Waals surface area (Å²) in [7, 11) is -1.56. The number of sulfonamides is 1. The Kier molecular flexibility index (Phi) is 6.96. The predicted molar refractivity (Wildman–Crippen MR) is 103 cm³/mol. The molecule has 0 aliphatic carbocycles. The first-order valence-electron chi connectivity index (χ1n) is 8.00. The minimum atomic E-state index is -4.10. The lowest BCUT2D eigenvalue weighted by molar-refractivity contribution is -0.121. The Hall–Kier alpha value is -1.97. The Balaban J connectivity index is 2.11. The van der Waals surface area contributed by atoms with Crippen molar-refractivity contribution in [3.8, 4) is 5.75 Å². The summed E-state index contributed by atoms with van der Waals surface area (Å²) in [5.41, 5.74) is 0.879. The first kappa shape index (κ1) is 21.3. The van der Waals surface area contributed by atoms with Gasteiger partial charge in [0, 0.05) is 11.5 Å². The number of likely N-dealkylation sites (N-methyl/N-ethyl adjacent to an activating group) is 1. The Morgan fingerprint density at radius 3 is 2.48 bits per heavy atom. The van der Waals surface area contributed by atoms with E-state index in [1.54, 1.807) is 6.92 Å². The molecule has 1 atom stereocenters. The number of hydrogen-bond donors (Lipinski definition) is 1. The molecule has 2 aromatic carbocycles. The number of nitrogens with zero attached hydrogens (tertiary/aromatic N) is 1. The number of hydrogen-bond acceptors (Lipinski definition) is 4. The van der Waals surface area contributed by atoms with Gasteiger partial charge in [0.2, 0.25) is 15.9 Å². The summed E-state index contributed by atoms with van der Waals surface area (Å²) in [4.78, 5) is 11.9. The molecule has 0 aromatic heterocycles. The summed E-state index contributed by atoms with van der Waals surface area (Å²) in [6.45, 7) is 1.38. The second-order valence-corrected chi connectivity index (χ2v) is 8.83. The van der Waals surface area contributed by atoms with Gasteiger partial charge in [-0.05, 0) is 42.8 Å². The Morgan fingerprint density at radius 1 is 1.26 bits per heavy atom. The molecule has 0 bridgehead atoms. The molecule has 0 aliphatic rings. The molecular weight excluding hydrogens is 439 g/mol. The van der Waals surface area contributed by atoms with Gasteiger partial charge in [0.1, 0.15) is 16.5 Å². The van der Waals surface area contributed by atoms with Gasteiger partial charge in [-0.25, -0.2) is 12.8 Å². The maximum Gasteiger partial charge on any atom is 0.247 e. The first-order chi connectivity index (χ1) is 12.6. The van der Waals surface area contributed by atoms with Crippen molar-refractivity contribution in [1.29, 1.82) is 0 Å². The third kappa shape index (κ3) is 5.27. The van der Waals surface area contributed by atoms with Gasteiger partial charge in [-0.3, -0.25) is 4.79 Å². The van der Waals surface area contributed by atoms with Gasteiger partial charge in [0.25, 0.3) is 0 Å². The van der Waals surface area contributed by atoms with Crippen LogP contribution in [0.1, 0.15) is 18.5 Å². The summed E-state index contributed by atoms with van der Waals surface area (Å²) in [5, 5.41) is 2.74. The van der Waals surface area contributed by atoms with Crippen molar-refractivity contribution in [2.45, 2.75) is 17.9 Å². The second-order valence-electron chi connectivity index (χ2n) is 5.90. The van der Waals surface area contributed by atoms with Crippen molar-refractivity contribution >= 4 is 31.9 Å². The normalized spacial score (nSPS) is 12.7. The SMILES string of the molecule is COc1ccc(F)cc1S(=O)(=O)N(C)CC(=O)N[C@H](C)c1ccc(Br)cc1. The van der Waals surface area contributed by atoms with Crippen LogP contribution in [0.25, 0.3) is 0 Å². The monoisotopic (exact) mass is 458 g/mol. The molecule has 146 valence electrons. The van der Waals surface area contributed by atoms with Gasteiger partial charge in [-0.15, -0.1) is 0 Å². The fourth-order valence-electron chi connectivity index (χ4n) is 2.43. The van der Waals surface area contributed by atoms with Crippen molar-refractivity contribution in [2.75, 3.05) is 20.7 Å². The van der Waals surface area contributed by atoms with Gasteiger partial charge < -0.3 is 10.1 Å². The first-order valence-corrected chi connectivity index (χ1v) is 10.2. The maximum absolute atomic E-state index is 13.5. The van der Waals surface area contributed by atoms with E-state index >= 15 is 0 Å². The van der Waals surface area contributed by atoms with Gasteiger partial charge in [-0.1, -0.05) is 28.1 Å². The molecule has 0 aliphatic heterocycles. The molecule has 6 nitrogen and oxygen atoms in total. The van der Waals surface area contributed by atoms with Crippen LogP contribution < -0.4 is 10.1 Å². The highest BCUT2D eigenvalue weighted by molar-refractivity contribution is 9.10. The molecular formula is C18H20BrFN2O4S. The summed E-state index contributed by atoms with van der Waals surface area (Å²) >= 11 is 3.34. The number of carbonyl (C=O) groups excluding carboxylic acids is 1. The molecule has 2 aromatic rings. The van der Waals surface area contributed by atoms with E-state index in [1.807, 2.05) is 24.3 Å². The second kappa shape index (κ2) is 8.81. The lowest BCUT2D eigenvalue weighted by Crippen LogP contribution is -2.39. The van der Waals surface area contributed by atoms with Crippen LogP contribution in [0.4, 0.5) is 4.39 Å². The zero-order valence-electron chi connectivity index (χ0n) is 15.1. The minimum Gasteiger partial charge on any atom is -0.495 e. The molecule has 0 radical (unpaired) electrons. The van der Waals surface area contributed by atoms with Crippen LogP contribution >= 0.6 is 15.9 Å². The summed E-state index contributed by atoms with van der Waals surface area (Å²) in [6, 6.07) is 10.3. The highest BCUT2D eigenvalue weighted by atomic mass is 79.9. The molecule has 9 heteroatoms. The van der Waals surface area contributed by atoms with Crippen LogP contribution in [-0.2, 0) is 14.8 Å². The van der Waals surface area contributed by atoms with E-state index in [0.29, 0.717) is 0 Å². The number of halogens is 2. The van der Waals surface area contributed by atoms with Crippen LogP contribution in [0, 0.1) is 5.82 Å². The number of carbonyl (C=O) groups is 1. The van der Waals surface area contributed by atoms with Crippen LogP contribution in [0.3, 0.4) is 0 Å². The molecule has 0 heterocycles. The van der Waals surface area contributed by atoms with Crippen molar-refractivity contribution < 1.29 is 22.3 Å². The summed E-state index contributed by atoms with van der Waals surface area (Å²) in [6.07, 6.45) is 0. The topological polar surface area (TPSA) is 75.7 Å². The van der Waals surface area contributed by atoms with Gasteiger partial charge in [0.15, 0.2) is 0 Å². The van der Waals surface area contributed by atoms with Crippen LogP contribution in [-0.4, -0.2) is 39.3 Å². The van der Waals surface area contributed by atoms with Crippen LogP contribution in [0.2, 0.25) is 0 Å². The van der Waals surface area contributed by atoms with E-state index in [-0.39, 0.29) is 16.7 Å². The molecule has 1 N–H and O–H groups in total. The largest absolute Gasteiger partial charge is 0.495 e. The van der Waals surface area contributed by atoms with E-state index in [0.717, 1.165) is 26.5 Å². The van der Waals surface area contributed by atoms with Crippen molar-refractivity contribution in [2.24, 2.45) is 0 Å². The van der Waals surface area contributed by atoms with E-state index in [4.69, 9.17) is 4.74 Å². The van der Waals surface area contributed by atoms with Gasteiger partial charge in [0.05, 0.1) is 19.7 Å². The average molecular weight is 459 g/mol. The average Bonchev–Trinajstić information content (AvgIpc) is 2.61. The molecule has 0 saturated carbocycles. The number of benzene rings is 2. The van der Waals surface area contributed by atoms with E-state index < -0.39 is 28.3 Å². The molecule has 2 rings (SSSR count). The fourth-order valence-corrected chi connectivity index (χ4v) is 3.98.